The minimum atomic E-state index is -4.88. The summed E-state index contributed by atoms with van der Waals surface area (Å²) in [6, 6.07) is 9.87. The third-order valence-corrected chi connectivity index (χ3v) is 8.18. The molecule has 5 N–H and O–H groups in total. The molecule has 10 nitrogen and oxygen atoms in total. The van der Waals surface area contributed by atoms with E-state index in [9.17, 15) is 19.6 Å². The number of phosphoric acid groups is 1. The van der Waals surface area contributed by atoms with Crippen molar-refractivity contribution in [3.8, 4) is 0 Å². The Balaban J connectivity index is 1.82. The van der Waals surface area contributed by atoms with Crippen molar-refractivity contribution in [2.45, 2.75) is 30.5 Å². The minimum absolute atomic E-state index is 0.0582. The van der Waals surface area contributed by atoms with E-state index >= 15 is 0 Å². The van der Waals surface area contributed by atoms with E-state index in [4.69, 9.17) is 73.1 Å². The fourth-order valence-corrected chi connectivity index (χ4v) is 5.31. The molecule has 1 aromatic heterocycles. The summed E-state index contributed by atoms with van der Waals surface area (Å²) in [5.74, 6) is -0.660. The van der Waals surface area contributed by atoms with Crippen LogP contribution >= 0.6 is 66.4 Å². The van der Waals surface area contributed by atoms with E-state index in [1.54, 1.807) is 36.4 Å². The number of benzene rings is 2. The van der Waals surface area contributed by atoms with Gasteiger partial charge in [0.15, 0.2) is 6.23 Å². The molecule has 16 heteroatoms. The van der Waals surface area contributed by atoms with E-state index in [1.165, 1.54) is 6.20 Å². The number of nitrogens with zero attached hydrogens (tertiary/aromatic N) is 1. The largest absolute Gasteiger partial charge is 0.469 e. The molecular formula is C22H19Cl4N2O8PS. The first kappa shape index (κ1) is 29.7. The zero-order valence-electron chi connectivity index (χ0n) is 18.9. The maximum absolute atomic E-state index is 12.9. The number of aromatic amines is 1. The van der Waals surface area contributed by atoms with Crippen molar-refractivity contribution in [1.82, 2.24) is 9.55 Å². The number of aliphatic hydroxyl groups is 2. The molecule has 0 saturated carbocycles. The van der Waals surface area contributed by atoms with Crippen LogP contribution in [0.5, 0.6) is 0 Å². The first-order valence-corrected chi connectivity index (χ1v) is 14.2. The first-order valence-electron chi connectivity index (χ1n) is 10.7. The number of aromatic nitrogens is 2. The summed E-state index contributed by atoms with van der Waals surface area (Å²) >= 11 is 30.3. The molecule has 204 valence electrons. The van der Waals surface area contributed by atoms with Crippen molar-refractivity contribution in [3.63, 3.8) is 0 Å². The van der Waals surface area contributed by atoms with Gasteiger partial charge < -0.3 is 24.7 Å². The van der Waals surface area contributed by atoms with Gasteiger partial charge in [0.05, 0.1) is 26.7 Å². The van der Waals surface area contributed by atoms with Crippen LogP contribution < -0.4 is 5.69 Å². The van der Waals surface area contributed by atoms with Gasteiger partial charge in [-0.2, -0.15) is 0 Å². The lowest BCUT2D eigenvalue weighted by Gasteiger charge is -2.23. The highest BCUT2D eigenvalue weighted by molar-refractivity contribution is 7.71. The summed E-state index contributed by atoms with van der Waals surface area (Å²) in [5, 5.41) is 22.2. The quantitative estimate of drug-likeness (QED) is 0.186. The molecule has 0 amide bonds. The third-order valence-electron chi connectivity index (χ3n) is 5.88. The van der Waals surface area contributed by atoms with Crippen LogP contribution in [0.25, 0.3) is 0 Å². The highest BCUT2D eigenvalue weighted by atomic mass is 35.5. The Morgan fingerprint density at radius 3 is 2.05 bits per heavy atom. The molecule has 0 spiro atoms. The van der Waals surface area contributed by atoms with E-state index in [2.05, 4.69) is 9.51 Å². The second-order valence-electron chi connectivity index (χ2n) is 8.36. The standard InChI is InChI=1S/C22H19Cl4N2O8PS/c23-12-3-1-9(5-14(12)25)17(10-2-4-13(24)15(26)6-10)11-7-28(22(31)27-20(11)38)21-19(30)18(29)16(36-21)8-35-37(32,33)34/h1-7,16-19,21,29-30H,8H2,(H,27,31,38)(H2,32,33,34)/t16-,18-,19-,21-/m1/s1. The number of hydrogen-bond donors (Lipinski definition) is 5. The number of hydrogen-bond acceptors (Lipinski definition) is 7. The summed E-state index contributed by atoms with van der Waals surface area (Å²) < 4.78 is 22.1. The van der Waals surface area contributed by atoms with Gasteiger partial charge in [0, 0.05) is 17.7 Å². The van der Waals surface area contributed by atoms with Gasteiger partial charge in [0.25, 0.3) is 0 Å². The van der Waals surface area contributed by atoms with Crippen LogP contribution in [0.2, 0.25) is 20.1 Å². The zero-order valence-corrected chi connectivity index (χ0v) is 23.6. The molecule has 1 fully saturated rings. The number of aliphatic hydroxyl groups excluding tert-OH is 2. The number of ether oxygens (including phenoxy) is 1. The van der Waals surface area contributed by atoms with Crippen molar-refractivity contribution in [3.05, 3.63) is 94.5 Å². The van der Waals surface area contributed by atoms with Gasteiger partial charge in [0.2, 0.25) is 0 Å². The zero-order chi connectivity index (χ0) is 27.9. The summed E-state index contributed by atoms with van der Waals surface area (Å²) in [6.45, 7) is -0.737. The number of halogens is 4. The topological polar surface area (TPSA) is 154 Å². The predicted octanol–water partition coefficient (Wildman–Crippen LogP) is 4.43. The molecule has 1 aliphatic rings. The Bertz CT molecular complexity index is 1480. The molecule has 1 saturated heterocycles. The molecule has 38 heavy (non-hydrogen) atoms. The number of phosphoric ester groups is 1. The fraction of sp³-hybridized carbons (Fsp3) is 0.273. The fourth-order valence-electron chi connectivity index (χ4n) is 4.10. The van der Waals surface area contributed by atoms with Crippen molar-refractivity contribution in [2.75, 3.05) is 6.61 Å². The molecular weight excluding hydrogens is 625 g/mol. The van der Waals surface area contributed by atoms with Gasteiger partial charge in [-0.1, -0.05) is 70.8 Å². The summed E-state index contributed by atoms with van der Waals surface area (Å²) in [7, 11) is -4.88. The van der Waals surface area contributed by atoms with Gasteiger partial charge in [0.1, 0.15) is 23.0 Å². The molecule has 0 radical (unpaired) electrons. The molecule has 1 aliphatic heterocycles. The minimum Gasteiger partial charge on any atom is -0.387 e. The highest BCUT2D eigenvalue weighted by Gasteiger charge is 2.45. The van der Waals surface area contributed by atoms with E-state index < -0.39 is 50.6 Å². The van der Waals surface area contributed by atoms with Crippen molar-refractivity contribution >= 4 is 66.4 Å². The maximum atomic E-state index is 12.9. The Kier molecular flexibility index (Phi) is 9.10. The Labute approximate surface area is 240 Å². The lowest BCUT2D eigenvalue weighted by Crippen LogP contribution is -2.36. The first-order chi connectivity index (χ1) is 17.8. The molecule has 2 heterocycles. The number of rotatable bonds is 7. The molecule has 2 aromatic carbocycles. The maximum Gasteiger partial charge on any atom is 0.469 e. The van der Waals surface area contributed by atoms with E-state index in [-0.39, 0.29) is 14.7 Å². The Morgan fingerprint density at radius 2 is 1.55 bits per heavy atom. The molecule has 0 aliphatic carbocycles. The normalized spacial score (nSPS) is 21.8. The van der Waals surface area contributed by atoms with Crippen molar-refractivity contribution in [2.24, 2.45) is 0 Å². The van der Waals surface area contributed by atoms with Crippen LogP contribution in [0.3, 0.4) is 0 Å². The number of H-pyrrole nitrogens is 1. The average molecular weight is 644 g/mol. The van der Waals surface area contributed by atoms with Gasteiger partial charge in [-0.05, 0) is 35.4 Å². The van der Waals surface area contributed by atoms with Gasteiger partial charge in [-0.3, -0.25) is 14.1 Å². The molecule has 0 bridgehead atoms. The van der Waals surface area contributed by atoms with Gasteiger partial charge >= 0.3 is 13.5 Å². The SMILES string of the molecule is O=c1[nH]c(=S)c(C(c2ccc(Cl)c(Cl)c2)c2ccc(Cl)c(Cl)c2)cn1[C@@H]1O[C@H](COP(=O)(O)O)[C@@H](O)[C@H]1O. The molecule has 4 atom stereocenters. The average Bonchev–Trinajstić information content (AvgIpc) is 3.11. The smallest absolute Gasteiger partial charge is 0.387 e. The highest BCUT2D eigenvalue weighted by Crippen LogP contribution is 2.40. The van der Waals surface area contributed by atoms with Crippen LogP contribution in [-0.4, -0.2) is 54.5 Å². The van der Waals surface area contributed by atoms with Crippen molar-refractivity contribution in [1.29, 1.82) is 0 Å². The summed E-state index contributed by atoms with van der Waals surface area (Å²) in [6.07, 6.45) is -4.71. The molecule has 4 rings (SSSR count). The lowest BCUT2D eigenvalue weighted by molar-refractivity contribution is -0.0543. The van der Waals surface area contributed by atoms with Crippen LogP contribution in [0.4, 0.5) is 0 Å². The van der Waals surface area contributed by atoms with Crippen molar-refractivity contribution < 1.29 is 33.8 Å². The second-order valence-corrected chi connectivity index (χ2v) is 11.6. The van der Waals surface area contributed by atoms with Crippen LogP contribution in [0, 0.1) is 4.64 Å². The lowest BCUT2D eigenvalue weighted by atomic mass is 9.86. The predicted molar refractivity (Wildman–Crippen MR) is 144 cm³/mol. The Hall–Kier alpha value is -1.31. The van der Waals surface area contributed by atoms with Crippen LogP contribution in [0.1, 0.15) is 28.8 Å². The molecule has 0 unspecified atom stereocenters. The molecule has 3 aromatic rings. The van der Waals surface area contributed by atoms with Crippen LogP contribution in [0.15, 0.2) is 47.4 Å². The third kappa shape index (κ3) is 6.36. The number of nitrogens with one attached hydrogen (secondary N) is 1. The monoisotopic (exact) mass is 642 g/mol. The van der Waals surface area contributed by atoms with Gasteiger partial charge in [-0.15, -0.1) is 0 Å². The Morgan fingerprint density at radius 1 is 1.00 bits per heavy atom. The van der Waals surface area contributed by atoms with Crippen LogP contribution in [-0.2, 0) is 13.8 Å². The summed E-state index contributed by atoms with van der Waals surface area (Å²) in [5.41, 5.74) is 0.858. The van der Waals surface area contributed by atoms with Gasteiger partial charge in [-0.25, -0.2) is 9.36 Å². The van der Waals surface area contributed by atoms with E-state index in [1.807, 2.05) is 0 Å². The van der Waals surface area contributed by atoms with E-state index in [0.29, 0.717) is 26.7 Å². The van der Waals surface area contributed by atoms with E-state index in [0.717, 1.165) is 4.57 Å². The summed E-state index contributed by atoms with van der Waals surface area (Å²) in [4.78, 5) is 33.3. The second kappa shape index (κ2) is 11.7.